The molecule has 3 heterocycles. The number of para-hydroxylation sites is 4. The van der Waals surface area contributed by atoms with Gasteiger partial charge in [0.15, 0.2) is 0 Å². The number of fused-ring (bicyclic) bond motifs is 6. The van der Waals surface area contributed by atoms with Crippen molar-refractivity contribution in [1.82, 2.24) is 9.80 Å². The Kier molecular flexibility index (Phi) is 7.11. The Balaban J connectivity index is 1.51. The van der Waals surface area contributed by atoms with Crippen molar-refractivity contribution >= 4 is 23.3 Å². The molecule has 3 aromatic carbocycles. The minimum Gasteiger partial charge on any atom is -0.497 e. The lowest BCUT2D eigenvalue weighted by atomic mass is 9.78. The number of piperazine rings is 1. The van der Waals surface area contributed by atoms with E-state index in [4.69, 9.17) is 18.9 Å². The molecule has 6 rings (SSSR count). The molecule has 214 valence electrons. The molecule has 0 radical (unpaired) electrons. The van der Waals surface area contributed by atoms with Crippen LogP contribution in [0.15, 0.2) is 60.7 Å². The van der Waals surface area contributed by atoms with E-state index in [2.05, 4.69) is 0 Å². The Morgan fingerprint density at radius 2 is 1.46 bits per heavy atom. The molecule has 0 saturated carbocycles. The van der Waals surface area contributed by atoms with Gasteiger partial charge < -0.3 is 28.7 Å². The van der Waals surface area contributed by atoms with Crippen LogP contribution in [0.1, 0.15) is 36.4 Å². The third-order valence-electron chi connectivity index (χ3n) is 8.58. The molecule has 3 atom stereocenters. The minimum absolute atomic E-state index is 0.0252. The predicted octanol–water partition coefficient (Wildman–Crippen LogP) is 5.34. The Hall–Kier alpha value is -4.40. The molecule has 9 nitrogen and oxygen atoms in total. The van der Waals surface area contributed by atoms with E-state index in [9.17, 15) is 9.59 Å². The summed E-state index contributed by atoms with van der Waals surface area (Å²) in [7, 11) is 6.44. The molecule has 9 heteroatoms. The molecule has 2 saturated heterocycles. The fourth-order valence-electron chi connectivity index (χ4n) is 6.80. The molecule has 2 bridgehead atoms. The van der Waals surface area contributed by atoms with Crippen LogP contribution in [-0.4, -0.2) is 68.8 Å². The van der Waals surface area contributed by atoms with Crippen LogP contribution < -0.4 is 23.8 Å². The van der Waals surface area contributed by atoms with Gasteiger partial charge in [-0.3, -0.25) is 9.69 Å². The van der Waals surface area contributed by atoms with Gasteiger partial charge in [0.1, 0.15) is 29.0 Å². The van der Waals surface area contributed by atoms with Gasteiger partial charge in [-0.1, -0.05) is 24.3 Å². The van der Waals surface area contributed by atoms with Gasteiger partial charge >= 0.3 is 6.03 Å². The van der Waals surface area contributed by atoms with Crippen molar-refractivity contribution in [2.45, 2.75) is 43.8 Å². The van der Waals surface area contributed by atoms with Crippen LogP contribution in [-0.2, 0) is 11.2 Å². The molecule has 3 aliphatic heterocycles. The largest absolute Gasteiger partial charge is 0.497 e. The van der Waals surface area contributed by atoms with Gasteiger partial charge in [-0.05, 0) is 61.6 Å². The van der Waals surface area contributed by atoms with Crippen LogP contribution in [0.25, 0.3) is 0 Å². The van der Waals surface area contributed by atoms with Gasteiger partial charge in [0, 0.05) is 18.2 Å². The molecule has 3 amide bonds. The van der Waals surface area contributed by atoms with E-state index in [1.807, 2.05) is 70.5 Å². The fraction of sp³-hybridized carbons (Fsp3) is 0.375. The van der Waals surface area contributed by atoms with Gasteiger partial charge in [-0.15, -0.1) is 0 Å². The maximum Gasteiger partial charge on any atom is 0.330 e. The van der Waals surface area contributed by atoms with Crippen LogP contribution in [0, 0.1) is 0 Å². The topological polar surface area (TPSA) is 80.8 Å². The molecule has 0 spiro atoms. The van der Waals surface area contributed by atoms with E-state index < -0.39 is 6.04 Å². The first kappa shape index (κ1) is 26.8. The maximum atomic E-state index is 15.0. The van der Waals surface area contributed by atoms with Crippen LogP contribution >= 0.6 is 0 Å². The number of hydrogen-bond donors (Lipinski definition) is 0. The van der Waals surface area contributed by atoms with Gasteiger partial charge in [0.25, 0.3) is 0 Å². The Morgan fingerprint density at radius 3 is 2.07 bits per heavy atom. The van der Waals surface area contributed by atoms with Crippen molar-refractivity contribution in [2.24, 2.45) is 0 Å². The molecule has 0 aliphatic carbocycles. The first-order valence-corrected chi connectivity index (χ1v) is 14.0. The summed E-state index contributed by atoms with van der Waals surface area (Å²) >= 11 is 0. The molecule has 41 heavy (non-hydrogen) atoms. The number of ether oxygens (including phenoxy) is 4. The summed E-state index contributed by atoms with van der Waals surface area (Å²) in [4.78, 5) is 34.5. The van der Waals surface area contributed by atoms with Crippen molar-refractivity contribution in [3.8, 4) is 23.0 Å². The molecule has 0 N–H and O–H groups in total. The lowest BCUT2D eigenvalue weighted by molar-refractivity contribution is -0.152. The second-order valence-electron chi connectivity index (χ2n) is 10.5. The minimum atomic E-state index is -0.560. The van der Waals surface area contributed by atoms with Crippen molar-refractivity contribution in [3.63, 3.8) is 0 Å². The molecule has 0 aromatic heterocycles. The van der Waals surface area contributed by atoms with Gasteiger partial charge in [0.2, 0.25) is 5.91 Å². The standard InChI is InChI=1S/C32H35N3O6/c1-38-21-18-20-16-17-33-30(29(20)28(19-21)41-4)24-12-9-13-25(31(33)36)35(24)32(37)34(22-10-5-7-14-26(22)39-2)23-11-6-8-15-27(23)40-3/h5-8,10-11,14-15,18-19,24-25,30H,9,12-13,16-17H2,1-4H3. The fourth-order valence-corrected chi connectivity index (χ4v) is 6.80. The third-order valence-corrected chi connectivity index (χ3v) is 8.58. The summed E-state index contributed by atoms with van der Waals surface area (Å²) < 4.78 is 22.8. The van der Waals surface area contributed by atoms with Gasteiger partial charge in [-0.2, -0.15) is 0 Å². The van der Waals surface area contributed by atoms with E-state index in [1.54, 1.807) is 33.3 Å². The Labute approximate surface area is 240 Å². The van der Waals surface area contributed by atoms with E-state index >= 15 is 0 Å². The zero-order valence-electron chi connectivity index (χ0n) is 23.8. The summed E-state index contributed by atoms with van der Waals surface area (Å²) in [6.45, 7) is 0.588. The third kappa shape index (κ3) is 4.31. The zero-order valence-corrected chi connectivity index (χ0v) is 23.8. The Bertz CT molecular complexity index is 1410. The number of urea groups is 1. The quantitative estimate of drug-likeness (QED) is 0.407. The highest BCUT2D eigenvalue weighted by Crippen LogP contribution is 2.50. The lowest BCUT2D eigenvalue weighted by Gasteiger charge is -2.56. The van der Waals surface area contributed by atoms with E-state index in [0.29, 0.717) is 53.8 Å². The molecule has 3 aromatic rings. The number of piperidine rings is 1. The number of benzene rings is 3. The highest BCUT2D eigenvalue weighted by molar-refractivity contribution is 6.04. The number of nitrogens with zero attached hydrogens (tertiary/aromatic N) is 3. The maximum absolute atomic E-state index is 15.0. The first-order chi connectivity index (χ1) is 20.0. The second kappa shape index (κ2) is 10.9. The van der Waals surface area contributed by atoms with E-state index in [-0.39, 0.29) is 24.0 Å². The average Bonchev–Trinajstić information content (AvgIpc) is 3.02. The summed E-state index contributed by atoms with van der Waals surface area (Å²) in [6, 6.07) is 17.3. The van der Waals surface area contributed by atoms with E-state index in [1.165, 1.54) is 0 Å². The number of methoxy groups -OCH3 is 4. The molecular formula is C32H35N3O6. The second-order valence-corrected chi connectivity index (χ2v) is 10.5. The first-order valence-electron chi connectivity index (χ1n) is 14.0. The smallest absolute Gasteiger partial charge is 0.330 e. The molecule has 3 aliphatic rings. The number of amides is 3. The van der Waals surface area contributed by atoms with E-state index in [0.717, 1.165) is 24.0 Å². The van der Waals surface area contributed by atoms with Crippen molar-refractivity contribution < 1.29 is 28.5 Å². The monoisotopic (exact) mass is 557 g/mol. The van der Waals surface area contributed by atoms with Gasteiger partial charge in [-0.25, -0.2) is 4.79 Å². The Morgan fingerprint density at radius 1 is 0.829 bits per heavy atom. The number of anilines is 2. The predicted molar refractivity (Wildman–Crippen MR) is 154 cm³/mol. The van der Waals surface area contributed by atoms with Gasteiger partial charge in [0.05, 0.1) is 51.9 Å². The highest BCUT2D eigenvalue weighted by atomic mass is 16.5. The highest BCUT2D eigenvalue weighted by Gasteiger charge is 2.54. The molecule has 2 fully saturated rings. The summed E-state index contributed by atoms with van der Waals surface area (Å²) in [5, 5.41) is 0. The lowest BCUT2D eigenvalue weighted by Crippen LogP contribution is -2.68. The molecule has 3 unspecified atom stereocenters. The summed E-state index contributed by atoms with van der Waals surface area (Å²) in [5.41, 5.74) is 3.18. The normalized spacial score (nSPS) is 21.0. The number of carbonyl (C=O) groups excluding carboxylic acids is 2. The van der Waals surface area contributed by atoms with Crippen molar-refractivity contribution in [1.29, 1.82) is 0 Å². The number of hydrogen-bond acceptors (Lipinski definition) is 6. The van der Waals surface area contributed by atoms with Crippen LogP contribution in [0.4, 0.5) is 16.2 Å². The van der Waals surface area contributed by atoms with Crippen molar-refractivity contribution in [2.75, 3.05) is 39.9 Å². The van der Waals surface area contributed by atoms with Crippen LogP contribution in [0.3, 0.4) is 0 Å². The van der Waals surface area contributed by atoms with Crippen LogP contribution in [0.2, 0.25) is 0 Å². The average molecular weight is 558 g/mol. The molecular weight excluding hydrogens is 522 g/mol. The summed E-state index contributed by atoms with van der Waals surface area (Å²) in [5.74, 6) is 2.44. The zero-order chi connectivity index (χ0) is 28.7. The number of rotatable bonds is 6. The SMILES string of the molecule is COc1cc2c(c(OC)c1)C1C3CCCC(C(=O)N1CC2)N3C(=O)N(c1ccccc1OC)c1ccccc1OC. The van der Waals surface area contributed by atoms with Crippen molar-refractivity contribution in [3.05, 3.63) is 71.8 Å². The van der Waals surface area contributed by atoms with Crippen LogP contribution in [0.5, 0.6) is 23.0 Å². The summed E-state index contributed by atoms with van der Waals surface area (Å²) in [6.07, 6.45) is 2.93. The number of carbonyl (C=O) groups is 2.